The minimum atomic E-state index is 0.101. The van der Waals surface area contributed by atoms with Crippen LogP contribution in [0.15, 0.2) is 33.2 Å². The Balaban J connectivity index is 2.22. The van der Waals surface area contributed by atoms with Gasteiger partial charge in [0.05, 0.1) is 0 Å². The maximum atomic E-state index is 9.58. The van der Waals surface area contributed by atoms with Gasteiger partial charge in [0.15, 0.2) is 17.1 Å². The zero-order valence-corrected chi connectivity index (χ0v) is 8.47. The number of rotatable bonds is 1. The molecule has 3 rings (SSSR count). The maximum Gasteiger partial charge on any atom is 0.238 e. The Hall–Kier alpha value is -2.30. The van der Waals surface area contributed by atoms with Crippen molar-refractivity contribution in [1.82, 2.24) is 10.1 Å². The van der Waals surface area contributed by atoms with Gasteiger partial charge in [0, 0.05) is 12.3 Å². The Morgan fingerprint density at radius 1 is 1.31 bits per heavy atom. The number of aryl methyl sites for hydroxylation is 1. The third-order valence-electron chi connectivity index (χ3n) is 2.27. The van der Waals surface area contributed by atoms with Crippen molar-refractivity contribution in [2.45, 2.75) is 6.92 Å². The minimum Gasteiger partial charge on any atom is -0.504 e. The highest BCUT2D eigenvalue weighted by Gasteiger charge is 2.13. The number of phenols is 1. The van der Waals surface area contributed by atoms with Gasteiger partial charge in [-0.15, -0.1) is 0 Å². The fourth-order valence-electron chi connectivity index (χ4n) is 1.56. The Kier molecular flexibility index (Phi) is 1.73. The molecule has 1 N–H and O–H groups in total. The van der Waals surface area contributed by atoms with Crippen molar-refractivity contribution in [3.63, 3.8) is 0 Å². The van der Waals surface area contributed by atoms with Crippen molar-refractivity contribution in [3.8, 4) is 17.3 Å². The molecule has 0 amide bonds. The first-order valence-electron chi connectivity index (χ1n) is 4.76. The van der Waals surface area contributed by atoms with E-state index in [1.54, 1.807) is 25.1 Å². The minimum absolute atomic E-state index is 0.101. The van der Waals surface area contributed by atoms with E-state index < -0.39 is 0 Å². The normalized spacial score (nSPS) is 11.1. The Bertz CT molecular complexity index is 654. The molecule has 80 valence electrons. The number of phenolic OH excluding ortho intramolecular Hbond substituents is 1. The van der Waals surface area contributed by atoms with Gasteiger partial charge in [0.25, 0.3) is 0 Å². The van der Waals surface area contributed by atoms with Crippen LogP contribution in [0.2, 0.25) is 0 Å². The van der Waals surface area contributed by atoms with Gasteiger partial charge in [0.1, 0.15) is 0 Å². The summed E-state index contributed by atoms with van der Waals surface area (Å²) in [6.45, 7) is 1.70. The van der Waals surface area contributed by atoms with Gasteiger partial charge < -0.3 is 14.0 Å². The quantitative estimate of drug-likeness (QED) is 0.676. The van der Waals surface area contributed by atoms with E-state index in [0.717, 1.165) is 5.39 Å². The van der Waals surface area contributed by atoms with Crippen molar-refractivity contribution in [3.05, 3.63) is 30.2 Å². The number of aromatic nitrogens is 2. The largest absolute Gasteiger partial charge is 0.504 e. The van der Waals surface area contributed by atoms with E-state index in [9.17, 15) is 5.11 Å². The van der Waals surface area contributed by atoms with Crippen LogP contribution in [-0.4, -0.2) is 15.2 Å². The predicted molar refractivity (Wildman–Crippen MR) is 55.9 cm³/mol. The lowest BCUT2D eigenvalue weighted by molar-refractivity contribution is 0.393. The molecule has 5 nitrogen and oxygen atoms in total. The van der Waals surface area contributed by atoms with Crippen LogP contribution in [0, 0.1) is 6.92 Å². The Morgan fingerprint density at radius 2 is 2.19 bits per heavy atom. The van der Waals surface area contributed by atoms with E-state index in [0.29, 0.717) is 23.1 Å². The second-order valence-electron chi connectivity index (χ2n) is 3.44. The Morgan fingerprint density at radius 3 is 2.88 bits per heavy atom. The molecule has 0 atom stereocenters. The van der Waals surface area contributed by atoms with Crippen molar-refractivity contribution < 1.29 is 14.0 Å². The summed E-state index contributed by atoms with van der Waals surface area (Å²) in [6.07, 6.45) is 0. The number of benzene rings is 1. The molecule has 0 spiro atoms. The monoisotopic (exact) mass is 216 g/mol. The zero-order valence-electron chi connectivity index (χ0n) is 8.47. The molecular formula is C11H8N2O3. The van der Waals surface area contributed by atoms with E-state index in [1.807, 2.05) is 6.07 Å². The summed E-state index contributed by atoms with van der Waals surface area (Å²) in [7, 11) is 0. The molecule has 16 heavy (non-hydrogen) atoms. The highest BCUT2D eigenvalue weighted by atomic mass is 16.5. The molecule has 0 aliphatic rings. The number of hydrogen-bond acceptors (Lipinski definition) is 5. The third kappa shape index (κ3) is 1.25. The number of furan rings is 1. The summed E-state index contributed by atoms with van der Waals surface area (Å²) in [4.78, 5) is 4.05. The van der Waals surface area contributed by atoms with E-state index >= 15 is 0 Å². The topological polar surface area (TPSA) is 72.3 Å². The summed E-state index contributed by atoms with van der Waals surface area (Å²) in [6, 6.07) is 6.92. The summed E-state index contributed by atoms with van der Waals surface area (Å²) >= 11 is 0. The average molecular weight is 216 g/mol. The first kappa shape index (κ1) is 8.96. The van der Waals surface area contributed by atoms with Crippen LogP contribution < -0.4 is 0 Å². The van der Waals surface area contributed by atoms with E-state index in [1.165, 1.54) is 0 Å². The van der Waals surface area contributed by atoms with E-state index in [-0.39, 0.29) is 5.75 Å². The van der Waals surface area contributed by atoms with Crippen LogP contribution in [0.25, 0.3) is 22.6 Å². The second kappa shape index (κ2) is 3.10. The summed E-state index contributed by atoms with van der Waals surface area (Å²) in [5, 5.41) is 14.1. The molecule has 0 saturated carbocycles. The molecule has 0 aliphatic carbocycles. The molecule has 0 unspecified atom stereocenters. The SMILES string of the molecule is Cc1nc(-c2cc3cccc(O)c3o2)no1. The number of nitrogens with zero attached hydrogens (tertiary/aromatic N) is 2. The molecule has 0 radical (unpaired) electrons. The molecule has 0 saturated heterocycles. The number of fused-ring (bicyclic) bond motifs is 1. The molecule has 1 aromatic carbocycles. The number of aromatic hydroxyl groups is 1. The van der Waals surface area contributed by atoms with Crippen molar-refractivity contribution in [1.29, 1.82) is 0 Å². The van der Waals surface area contributed by atoms with Crippen LogP contribution in [-0.2, 0) is 0 Å². The molecule has 0 bridgehead atoms. The number of hydrogen-bond donors (Lipinski definition) is 1. The van der Waals surface area contributed by atoms with Gasteiger partial charge in [-0.3, -0.25) is 0 Å². The van der Waals surface area contributed by atoms with Gasteiger partial charge in [-0.05, 0) is 12.1 Å². The van der Waals surface area contributed by atoms with Crippen LogP contribution in [0.5, 0.6) is 5.75 Å². The molecular weight excluding hydrogens is 208 g/mol. The summed E-state index contributed by atoms with van der Waals surface area (Å²) in [5.74, 6) is 1.44. The highest BCUT2D eigenvalue weighted by molar-refractivity contribution is 5.86. The Labute approximate surface area is 90.3 Å². The van der Waals surface area contributed by atoms with Crippen molar-refractivity contribution >= 4 is 11.0 Å². The second-order valence-corrected chi connectivity index (χ2v) is 3.44. The fourth-order valence-corrected chi connectivity index (χ4v) is 1.56. The van der Waals surface area contributed by atoms with Crippen LogP contribution in [0.4, 0.5) is 0 Å². The summed E-state index contributed by atoms with van der Waals surface area (Å²) in [5.41, 5.74) is 0.431. The molecule has 3 aromatic rings. The van der Waals surface area contributed by atoms with Gasteiger partial charge in [-0.2, -0.15) is 4.98 Å². The lowest BCUT2D eigenvalue weighted by atomic mass is 10.2. The lowest BCUT2D eigenvalue weighted by Crippen LogP contribution is -1.75. The molecule has 2 aromatic heterocycles. The fraction of sp³-hybridized carbons (Fsp3) is 0.0909. The van der Waals surface area contributed by atoms with Crippen LogP contribution in [0.1, 0.15) is 5.89 Å². The molecule has 2 heterocycles. The average Bonchev–Trinajstić information content (AvgIpc) is 2.84. The summed E-state index contributed by atoms with van der Waals surface area (Å²) < 4.78 is 10.3. The first-order chi connectivity index (χ1) is 7.74. The molecule has 5 heteroatoms. The van der Waals surface area contributed by atoms with Crippen molar-refractivity contribution in [2.24, 2.45) is 0 Å². The standard InChI is InChI=1S/C11H8N2O3/c1-6-12-11(13-16-6)9-5-7-3-2-4-8(14)10(7)15-9/h2-5,14H,1H3. The van der Waals surface area contributed by atoms with Gasteiger partial charge >= 0.3 is 0 Å². The zero-order chi connectivity index (χ0) is 11.1. The van der Waals surface area contributed by atoms with Gasteiger partial charge in [-0.1, -0.05) is 17.3 Å². The van der Waals surface area contributed by atoms with Crippen LogP contribution in [0.3, 0.4) is 0 Å². The predicted octanol–water partition coefficient (Wildman–Crippen LogP) is 2.50. The van der Waals surface area contributed by atoms with Gasteiger partial charge in [-0.25, -0.2) is 0 Å². The number of para-hydroxylation sites is 1. The van der Waals surface area contributed by atoms with E-state index in [2.05, 4.69) is 10.1 Å². The lowest BCUT2D eigenvalue weighted by Gasteiger charge is -1.90. The highest BCUT2D eigenvalue weighted by Crippen LogP contribution is 2.31. The molecule has 0 aliphatic heterocycles. The molecule has 0 fully saturated rings. The van der Waals surface area contributed by atoms with E-state index in [4.69, 9.17) is 8.94 Å². The van der Waals surface area contributed by atoms with Gasteiger partial charge in [0.2, 0.25) is 11.7 Å². The maximum absolute atomic E-state index is 9.58. The van der Waals surface area contributed by atoms with Crippen molar-refractivity contribution in [2.75, 3.05) is 0 Å². The van der Waals surface area contributed by atoms with Crippen LogP contribution >= 0.6 is 0 Å². The first-order valence-corrected chi connectivity index (χ1v) is 4.76. The smallest absolute Gasteiger partial charge is 0.238 e. The third-order valence-corrected chi connectivity index (χ3v) is 2.27.